The van der Waals surface area contributed by atoms with Crippen LogP contribution in [0.1, 0.15) is 0 Å². The highest BCUT2D eigenvalue weighted by atomic mass is 16.1. The van der Waals surface area contributed by atoms with Crippen molar-refractivity contribution in [1.82, 2.24) is 15.5 Å². The molecule has 0 saturated carbocycles. The monoisotopic (exact) mass is 181 g/mol. The van der Waals surface area contributed by atoms with E-state index in [9.17, 15) is 4.79 Å². The Labute approximate surface area is 78.7 Å². The predicted molar refractivity (Wildman–Crippen MR) is 51.2 cm³/mol. The van der Waals surface area contributed by atoms with Crippen molar-refractivity contribution in [2.24, 2.45) is 0 Å². The summed E-state index contributed by atoms with van der Waals surface area (Å²) < 4.78 is 0. The lowest BCUT2D eigenvalue weighted by molar-refractivity contribution is -0.115. The van der Waals surface area contributed by atoms with Crippen LogP contribution in [-0.4, -0.2) is 50.1 Å². The molecule has 13 heavy (non-hydrogen) atoms. The van der Waals surface area contributed by atoms with Crippen LogP contribution in [0.25, 0.3) is 0 Å². The van der Waals surface area contributed by atoms with E-state index in [-0.39, 0.29) is 5.91 Å². The van der Waals surface area contributed by atoms with E-state index in [2.05, 4.69) is 15.5 Å². The minimum Gasteiger partial charge on any atom is -0.344 e. The molecular weight excluding hydrogens is 166 g/mol. The topological polar surface area (TPSA) is 44.4 Å². The second-order valence-electron chi connectivity index (χ2n) is 2.99. The molecule has 0 unspecified atom stereocenters. The maximum absolute atomic E-state index is 10.7. The van der Waals surface area contributed by atoms with Gasteiger partial charge < -0.3 is 10.6 Å². The molecule has 1 amide bonds. The predicted octanol–water partition coefficient (Wildman–Crippen LogP) is -1.36. The number of terminal acetylenes is 1. The summed E-state index contributed by atoms with van der Waals surface area (Å²) in [6, 6.07) is 0. The summed E-state index contributed by atoms with van der Waals surface area (Å²) in [4.78, 5) is 13.0. The molecule has 1 heterocycles. The number of hydrogen-bond acceptors (Lipinski definition) is 3. The van der Waals surface area contributed by atoms with Crippen molar-refractivity contribution in [3.05, 3.63) is 0 Å². The third-order valence-electron chi connectivity index (χ3n) is 2.05. The Balaban J connectivity index is 2.05. The molecule has 0 bridgehead atoms. The molecule has 1 rings (SSSR count). The molecule has 0 aromatic rings. The van der Waals surface area contributed by atoms with Crippen LogP contribution in [0.15, 0.2) is 0 Å². The van der Waals surface area contributed by atoms with Gasteiger partial charge >= 0.3 is 0 Å². The molecule has 1 aliphatic heterocycles. The van der Waals surface area contributed by atoms with Crippen molar-refractivity contribution in [2.75, 3.05) is 39.3 Å². The van der Waals surface area contributed by atoms with Gasteiger partial charge in [0.25, 0.3) is 5.91 Å². The highest BCUT2D eigenvalue weighted by molar-refractivity contribution is 5.92. The van der Waals surface area contributed by atoms with Crippen LogP contribution in [0.3, 0.4) is 0 Å². The van der Waals surface area contributed by atoms with Gasteiger partial charge in [0, 0.05) is 39.3 Å². The third kappa shape index (κ3) is 3.92. The zero-order valence-corrected chi connectivity index (χ0v) is 7.68. The van der Waals surface area contributed by atoms with Crippen LogP contribution >= 0.6 is 0 Å². The van der Waals surface area contributed by atoms with Crippen molar-refractivity contribution >= 4 is 5.91 Å². The fourth-order valence-corrected chi connectivity index (χ4v) is 1.31. The Kier molecular flexibility index (Phi) is 4.30. The Morgan fingerprint density at radius 2 is 2.23 bits per heavy atom. The molecule has 2 N–H and O–H groups in total. The number of nitrogens with one attached hydrogen (secondary N) is 2. The van der Waals surface area contributed by atoms with Crippen LogP contribution in [0, 0.1) is 12.3 Å². The van der Waals surface area contributed by atoms with Crippen molar-refractivity contribution in [3.63, 3.8) is 0 Å². The van der Waals surface area contributed by atoms with Gasteiger partial charge in [-0.2, -0.15) is 0 Å². The van der Waals surface area contributed by atoms with E-state index in [1.165, 1.54) is 0 Å². The number of rotatable bonds is 3. The summed E-state index contributed by atoms with van der Waals surface area (Å²) in [7, 11) is 0. The fraction of sp³-hybridized carbons (Fsp3) is 0.667. The zero-order chi connectivity index (χ0) is 9.52. The first-order valence-electron chi connectivity index (χ1n) is 4.50. The summed E-state index contributed by atoms with van der Waals surface area (Å²) in [6.45, 7) is 5.68. The number of carbonyl (C=O) groups is 1. The van der Waals surface area contributed by atoms with Crippen LogP contribution in [0.2, 0.25) is 0 Å². The average molecular weight is 181 g/mol. The first kappa shape index (κ1) is 10.0. The number of piperazine rings is 1. The summed E-state index contributed by atoms with van der Waals surface area (Å²) in [5.41, 5.74) is 0. The summed E-state index contributed by atoms with van der Waals surface area (Å²) >= 11 is 0. The Morgan fingerprint density at radius 1 is 1.54 bits per heavy atom. The normalized spacial score (nSPS) is 17.8. The van der Waals surface area contributed by atoms with Crippen LogP contribution < -0.4 is 10.6 Å². The Morgan fingerprint density at radius 3 is 2.85 bits per heavy atom. The van der Waals surface area contributed by atoms with E-state index in [4.69, 9.17) is 6.42 Å². The number of nitrogens with zero attached hydrogens (tertiary/aromatic N) is 1. The van der Waals surface area contributed by atoms with Gasteiger partial charge in [0.1, 0.15) is 0 Å². The highest BCUT2D eigenvalue weighted by Crippen LogP contribution is 1.89. The third-order valence-corrected chi connectivity index (χ3v) is 2.05. The van der Waals surface area contributed by atoms with Crippen molar-refractivity contribution in [2.45, 2.75) is 0 Å². The zero-order valence-electron chi connectivity index (χ0n) is 7.68. The average Bonchev–Trinajstić information content (AvgIpc) is 2.19. The van der Waals surface area contributed by atoms with Gasteiger partial charge in [-0.3, -0.25) is 9.69 Å². The van der Waals surface area contributed by atoms with Gasteiger partial charge in [-0.05, 0) is 5.92 Å². The lowest BCUT2D eigenvalue weighted by Crippen LogP contribution is -2.46. The number of amides is 1. The minimum atomic E-state index is -0.324. The molecule has 4 heteroatoms. The summed E-state index contributed by atoms with van der Waals surface area (Å²) in [6.07, 6.45) is 4.91. The summed E-state index contributed by atoms with van der Waals surface area (Å²) in [5.74, 6) is 1.70. The van der Waals surface area contributed by atoms with E-state index in [1.807, 2.05) is 5.92 Å². The first-order chi connectivity index (χ1) is 6.33. The van der Waals surface area contributed by atoms with Gasteiger partial charge in [-0.1, -0.05) is 0 Å². The molecule has 72 valence electrons. The molecule has 0 aliphatic carbocycles. The van der Waals surface area contributed by atoms with E-state index in [0.29, 0.717) is 6.54 Å². The lowest BCUT2D eigenvalue weighted by atomic mass is 10.3. The summed E-state index contributed by atoms with van der Waals surface area (Å²) in [5, 5.41) is 5.91. The van der Waals surface area contributed by atoms with Gasteiger partial charge in [0.15, 0.2) is 0 Å². The van der Waals surface area contributed by atoms with Crippen molar-refractivity contribution in [1.29, 1.82) is 0 Å². The Bertz CT molecular complexity index is 203. The molecule has 0 radical (unpaired) electrons. The molecule has 1 aliphatic rings. The van der Waals surface area contributed by atoms with E-state index < -0.39 is 0 Å². The van der Waals surface area contributed by atoms with Gasteiger partial charge in [0.2, 0.25) is 0 Å². The molecule has 0 spiro atoms. The standard InChI is InChI=1S/C9H15N3O/c1-2-9(13)11-5-8-12-6-3-10-4-7-12/h1,10H,3-8H2,(H,11,13). The molecule has 0 aromatic carbocycles. The molecule has 1 saturated heterocycles. The number of hydrogen-bond donors (Lipinski definition) is 2. The van der Waals surface area contributed by atoms with Crippen molar-refractivity contribution < 1.29 is 4.79 Å². The quantitative estimate of drug-likeness (QED) is 0.529. The van der Waals surface area contributed by atoms with Gasteiger partial charge in [-0.25, -0.2) is 0 Å². The van der Waals surface area contributed by atoms with Crippen molar-refractivity contribution in [3.8, 4) is 12.3 Å². The van der Waals surface area contributed by atoms with Gasteiger partial charge in [0.05, 0.1) is 0 Å². The fourth-order valence-electron chi connectivity index (χ4n) is 1.31. The van der Waals surface area contributed by atoms with Gasteiger partial charge in [-0.15, -0.1) is 6.42 Å². The molecule has 0 atom stereocenters. The van der Waals surface area contributed by atoms with E-state index in [0.717, 1.165) is 32.7 Å². The number of carbonyl (C=O) groups excluding carboxylic acids is 1. The largest absolute Gasteiger partial charge is 0.344 e. The minimum absolute atomic E-state index is 0.324. The molecule has 0 aromatic heterocycles. The smallest absolute Gasteiger partial charge is 0.295 e. The maximum Gasteiger partial charge on any atom is 0.295 e. The maximum atomic E-state index is 10.7. The Hall–Kier alpha value is -1.05. The molecule has 1 fully saturated rings. The first-order valence-corrected chi connectivity index (χ1v) is 4.50. The molecular formula is C9H15N3O. The van der Waals surface area contributed by atoms with Crippen LogP contribution in [0.5, 0.6) is 0 Å². The highest BCUT2D eigenvalue weighted by Gasteiger charge is 2.08. The van der Waals surface area contributed by atoms with Crippen LogP contribution in [-0.2, 0) is 4.79 Å². The van der Waals surface area contributed by atoms with E-state index in [1.54, 1.807) is 0 Å². The SMILES string of the molecule is C#CC(=O)NCCN1CCNCC1. The lowest BCUT2D eigenvalue weighted by Gasteiger charge is -2.26. The second kappa shape index (κ2) is 5.57. The van der Waals surface area contributed by atoms with E-state index >= 15 is 0 Å². The van der Waals surface area contributed by atoms with Crippen LogP contribution in [0.4, 0.5) is 0 Å². The second-order valence-corrected chi connectivity index (χ2v) is 2.99. The molecule has 4 nitrogen and oxygen atoms in total.